The minimum atomic E-state index is -1.01. The van der Waals surface area contributed by atoms with Crippen molar-refractivity contribution in [2.24, 2.45) is 0 Å². The van der Waals surface area contributed by atoms with Crippen LogP contribution in [-0.4, -0.2) is 11.3 Å². The lowest BCUT2D eigenvalue weighted by Crippen LogP contribution is -2.17. The third-order valence-electron chi connectivity index (χ3n) is 2.30. The van der Waals surface area contributed by atoms with Gasteiger partial charge in [0.15, 0.2) is 5.78 Å². The number of benzene rings is 1. The van der Waals surface area contributed by atoms with Gasteiger partial charge in [0, 0.05) is 5.56 Å². The Morgan fingerprint density at radius 3 is 2.33 bits per heavy atom. The Morgan fingerprint density at radius 2 is 1.72 bits per heavy atom. The van der Waals surface area contributed by atoms with Crippen molar-refractivity contribution in [2.45, 2.75) is 5.56 Å². The van der Waals surface area contributed by atoms with Gasteiger partial charge in [0.2, 0.25) is 10.8 Å². The molecule has 2 rings (SSSR count). The smallest absolute Gasteiger partial charge is 0.210 e. The van der Waals surface area contributed by atoms with Crippen molar-refractivity contribution in [3.8, 4) is 0 Å². The van der Waals surface area contributed by atoms with E-state index in [4.69, 9.17) is 51.1 Å². The molecular formula is C12H6Cl4O2. The Balaban J connectivity index is 2.49. The SMILES string of the molecule is O=C(C1=C(Cl)C(Cl)OC(Cl)=C1Cl)c1ccccc1. The van der Waals surface area contributed by atoms with Gasteiger partial charge >= 0.3 is 0 Å². The molecule has 1 aliphatic heterocycles. The summed E-state index contributed by atoms with van der Waals surface area (Å²) in [6, 6.07) is 8.56. The maximum Gasteiger partial charge on any atom is 0.210 e. The summed E-state index contributed by atoms with van der Waals surface area (Å²) in [6.07, 6.45) is 0. The summed E-state index contributed by atoms with van der Waals surface area (Å²) in [5.41, 5.74) is -0.496. The van der Waals surface area contributed by atoms with Gasteiger partial charge in [-0.25, -0.2) is 0 Å². The normalized spacial score (nSPS) is 19.9. The highest BCUT2D eigenvalue weighted by molar-refractivity contribution is 6.47. The first-order valence-electron chi connectivity index (χ1n) is 4.88. The summed E-state index contributed by atoms with van der Waals surface area (Å²) < 4.78 is 4.96. The summed E-state index contributed by atoms with van der Waals surface area (Å²) in [6.45, 7) is 0. The second-order valence-corrected chi connectivity index (χ2v) is 4.96. The fourth-order valence-electron chi connectivity index (χ4n) is 1.45. The molecule has 1 unspecified atom stereocenters. The molecule has 0 amide bonds. The zero-order chi connectivity index (χ0) is 13.3. The van der Waals surface area contributed by atoms with Gasteiger partial charge < -0.3 is 4.74 Å². The van der Waals surface area contributed by atoms with Crippen LogP contribution >= 0.6 is 46.4 Å². The molecule has 1 atom stereocenters. The number of carbonyl (C=O) groups is 1. The first kappa shape index (κ1) is 13.8. The molecule has 1 aliphatic rings. The Morgan fingerprint density at radius 1 is 1.11 bits per heavy atom. The minimum Gasteiger partial charge on any atom is -0.457 e. The second-order valence-electron chi connectivity index (χ2n) is 3.44. The van der Waals surface area contributed by atoms with Crippen molar-refractivity contribution in [1.29, 1.82) is 0 Å². The third-order valence-corrected chi connectivity index (χ3v) is 3.84. The summed E-state index contributed by atoms with van der Waals surface area (Å²) in [5.74, 6) is -0.349. The number of alkyl halides is 1. The molecule has 0 saturated heterocycles. The lowest BCUT2D eigenvalue weighted by atomic mass is 10.0. The highest BCUT2D eigenvalue weighted by atomic mass is 35.5. The predicted molar refractivity (Wildman–Crippen MR) is 73.1 cm³/mol. The van der Waals surface area contributed by atoms with Crippen LogP contribution in [0.3, 0.4) is 0 Å². The summed E-state index contributed by atoms with van der Waals surface area (Å²) >= 11 is 23.5. The Bertz CT molecular complexity index is 548. The van der Waals surface area contributed by atoms with Gasteiger partial charge in [0.05, 0.1) is 10.6 Å². The van der Waals surface area contributed by atoms with E-state index in [2.05, 4.69) is 0 Å². The second kappa shape index (κ2) is 5.54. The zero-order valence-corrected chi connectivity index (χ0v) is 11.8. The molecule has 94 valence electrons. The van der Waals surface area contributed by atoms with Crippen LogP contribution in [-0.2, 0) is 4.74 Å². The van der Waals surface area contributed by atoms with E-state index in [9.17, 15) is 4.79 Å². The van der Waals surface area contributed by atoms with Crippen LogP contribution < -0.4 is 0 Å². The quantitative estimate of drug-likeness (QED) is 0.587. The van der Waals surface area contributed by atoms with E-state index >= 15 is 0 Å². The summed E-state index contributed by atoms with van der Waals surface area (Å²) in [7, 11) is 0. The van der Waals surface area contributed by atoms with E-state index in [0.29, 0.717) is 5.56 Å². The molecule has 2 nitrogen and oxygen atoms in total. The van der Waals surface area contributed by atoms with Crippen LogP contribution in [0.4, 0.5) is 0 Å². The minimum absolute atomic E-state index is 0.0277. The highest BCUT2D eigenvalue weighted by Gasteiger charge is 2.31. The monoisotopic (exact) mass is 322 g/mol. The lowest BCUT2D eigenvalue weighted by molar-refractivity contribution is 0.103. The van der Waals surface area contributed by atoms with Crippen LogP contribution in [0, 0.1) is 0 Å². The van der Waals surface area contributed by atoms with Gasteiger partial charge in [-0.1, -0.05) is 65.1 Å². The van der Waals surface area contributed by atoms with Gasteiger partial charge in [-0.05, 0) is 11.6 Å². The molecule has 0 fully saturated rings. The molecule has 0 aromatic heterocycles. The fourth-order valence-corrected chi connectivity index (χ4v) is 2.39. The van der Waals surface area contributed by atoms with Crippen molar-refractivity contribution >= 4 is 52.2 Å². The molecule has 0 aliphatic carbocycles. The molecular weight excluding hydrogens is 318 g/mol. The van der Waals surface area contributed by atoms with E-state index in [0.717, 1.165) is 0 Å². The lowest BCUT2D eigenvalue weighted by Gasteiger charge is -2.21. The summed E-state index contributed by atoms with van der Waals surface area (Å²) in [5, 5.41) is -0.146. The van der Waals surface area contributed by atoms with Gasteiger partial charge in [-0.3, -0.25) is 4.79 Å². The standard InChI is InChI=1S/C12H6Cl4O2/c13-8-7(9(14)12(16)18-11(8)15)10(17)6-4-2-1-3-5-6/h1-5,11H. The van der Waals surface area contributed by atoms with Crippen LogP contribution in [0.15, 0.2) is 51.2 Å². The average Bonchev–Trinajstić information content (AvgIpc) is 2.37. The van der Waals surface area contributed by atoms with E-state index in [1.807, 2.05) is 0 Å². The van der Waals surface area contributed by atoms with Crippen LogP contribution in [0.5, 0.6) is 0 Å². The number of allylic oxidation sites excluding steroid dienone is 2. The first-order chi connectivity index (χ1) is 8.52. The van der Waals surface area contributed by atoms with E-state index in [-0.39, 0.29) is 26.6 Å². The molecule has 1 aromatic rings. The molecule has 18 heavy (non-hydrogen) atoms. The number of ether oxygens (including phenoxy) is 1. The zero-order valence-electron chi connectivity index (χ0n) is 8.79. The molecule has 1 aromatic carbocycles. The molecule has 1 heterocycles. The van der Waals surface area contributed by atoms with Crippen molar-refractivity contribution in [2.75, 3.05) is 0 Å². The molecule has 0 saturated carbocycles. The Hall–Kier alpha value is -0.670. The molecule has 0 N–H and O–H groups in total. The number of ketones is 1. The molecule has 0 radical (unpaired) electrons. The largest absolute Gasteiger partial charge is 0.457 e. The predicted octanol–water partition coefficient (Wildman–Crippen LogP) is 4.60. The number of Topliss-reactive ketones (excluding diaryl/α,β-unsaturated/α-hetero) is 1. The van der Waals surface area contributed by atoms with Crippen LogP contribution in [0.2, 0.25) is 0 Å². The van der Waals surface area contributed by atoms with Crippen LogP contribution in [0.25, 0.3) is 0 Å². The van der Waals surface area contributed by atoms with Crippen LogP contribution in [0.1, 0.15) is 10.4 Å². The Labute approximate surface area is 124 Å². The highest BCUT2D eigenvalue weighted by Crippen LogP contribution is 2.38. The van der Waals surface area contributed by atoms with Crippen molar-refractivity contribution in [3.05, 3.63) is 56.8 Å². The number of rotatable bonds is 2. The van der Waals surface area contributed by atoms with Gasteiger partial charge in [0.25, 0.3) is 0 Å². The Kier molecular flexibility index (Phi) is 4.23. The topological polar surface area (TPSA) is 26.3 Å². The number of hydrogen-bond donors (Lipinski definition) is 0. The average molecular weight is 324 g/mol. The number of carbonyl (C=O) groups excluding carboxylic acids is 1. The van der Waals surface area contributed by atoms with E-state index in [1.54, 1.807) is 30.3 Å². The van der Waals surface area contributed by atoms with Crippen molar-refractivity contribution in [3.63, 3.8) is 0 Å². The summed E-state index contributed by atoms with van der Waals surface area (Å²) in [4.78, 5) is 12.3. The van der Waals surface area contributed by atoms with Crippen molar-refractivity contribution < 1.29 is 9.53 Å². The van der Waals surface area contributed by atoms with Gasteiger partial charge in [-0.15, -0.1) is 0 Å². The maximum absolute atomic E-state index is 12.3. The van der Waals surface area contributed by atoms with E-state index in [1.165, 1.54) is 0 Å². The maximum atomic E-state index is 12.3. The van der Waals surface area contributed by atoms with Gasteiger partial charge in [0.1, 0.15) is 5.03 Å². The van der Waals surface area contributed by atoms with E-state index < -0.39 is 5.56 Å². The van der Waals surface area contributed by atoms with Gasteiger partial charge in [-0.2, -0.15) is 0 Å². The fraction of sp³-hybridized carbons (Fsp3) is 0.0833. The third kappa shape index (κ3) is 2.52. The number of halogens is 4. The molecule has 0 bridgehead atoms. The van der Waals surface area contributed by atoms with Crippen molar-refractivity contribution in [1.82, 2.24) is 0 Å². The molecule has 0 spiro atoms. The number of hydrogen-bond acceptors (Lipinski definition) is 2. The first-order valence-corrected chi connectivity index (χ1v) is 6.45. The molecule has 6 heteroatoms.